The maximum atomic E-state index is 7.07. The van der Waals surface area contributed by atoms with Crippen LogP contribution < -0.4 is 10.4 Å². The molecule has 3 atom stereocenters. The molecule has 1 saturated heterocycles. The molecule has 4 rings (SSSR count). The predicted molar refractivity (Wildman–Crippen MR) is 120 cm³/mol. The molecule has 1 saturated carbocycles. The van der Waals surface area contributed by atoms with Crippen molar-refractivity contribution in [2.75, 3.05) is 13.2 Å². The Morgan fingerprint density at radius 1 is 0.966 bits per heavy atom. The van der Waals surface area contributed by atoms with E-state index < -0.39 is 14.1 Å². The van der Waals surface area contributed by atoms with Gasteiger partial charge in [0, 0.05) is 6.61 Å². The summed E-state index contributed by atoms with van der Waals surface area (Å²) in [6.45, 7) is 12.5. The van der Waals surface area contributed by atoms with Crippen LogP contribution in [-0.2, 0) is 13.9 Å². The number of rotatable bonds is 6. The average Bonchev–Trinajstić information content (AvgIpc) is 3.37. The first-order valence-corrected chi connectivity index (χ1v) is 12.7. The molecule has 0 unspecified atom stereocenters. The van der Waals surface area contributed by atoms with E-state index in [2.05, 4.69) is 81.4 Å². The van der Waals surface area contributed by atoms with Crippen molar-refractivity contribution in [3.63, 3.8) is 0 Å². The number of benzene rings is 2. The highest BCUT2D eigenvalue weighted by Gasteiger charge is 2.53. The molecule has 1 aliphatic carbocycles. The van der Waals surface area contributed by atoms with Gasteiger partial charge in [-0.2, -0.15) is 0 Å². The van der Waals surface area contributed by atoms with Crippen LogP contribution in [0.3, 0.4) is 0 Å². The minimum atomic E-state index is -2.44. The number of ether oxygens (including phenoxy) is 2. The largest absolute Gasteiger partial charge is 0.407 e. The standard InChI is InChI=1S/C25H34O3Si/c1-24(2,3)29(20-12-8-6-9-13-20,21-14-10-7-11-15-21)27-17-19-16-22(19)23-18-26-25(4,5)28-23/h6-15,19,22-23H,16-18H2,1-5H3/t19-,22+,23+/m1/s1. The Kier molecular flexibility index (Phi) is 5.49. The second-order valence-electron chi connectivity index (χ2n) is 10.0. The minimum absolute atomic E-state index is 0.0229. The van der Waals surface area contributed by atoms with Gasteiger partial charge in [0.2, 0.25) is 0 Å². The molecule has 0 aromatic heterocycles. The van der Waals surface area contributed by atoms with Crippen LogP contribution in [0.4, 0.5) is 0 Å². The SMILES string of the molecule is CC1(C)OC[C@@H]([C@H]2C[C@@H]2CO[Si](c2ccccc2)(c2ccccc2)C(C)(C)C)O1. The topological polar surface area (TPSA) is 27.7 Å². The van der Waals surface area contributed by atoms with E-state index in [0.717, 1.165) is 6.61 Å². The first-order chi connectivity index (χ1) is 13.7. The van der Waals surface area contributed by atoms with Crippen LogP contribution in [0.2, 0.25) is 5.04 Å². The average molecular weight is 411 g/mol. The first kappa shape index (κ1) is 20.8. The maximum absolute atomic E-state index is 7.07. The number of hydrogen-bond acceptors (Lipinski definition) is 3. The molecule has 4 heteroatoms. The number of hydrogen-bond donors (Lipinski definition) is 0. The molecule has 156 valence electrons. The fourth-order valence-corrected chi connectivity index (χ4v) is 9.46. The summed E-state index contributed by atoms with van der Waals surface area (Å²) >= 11 is 0. The van der Waals surface area contributed by atoms with Crippen molar-refractivity contribution < 1.29 is 13.9 Å². The maximum Gasteiger partial charge on any atom is 0.261 e. The van der Waals surface area contributed by atoms with E-state index in [-0.39, 0.29) is 11.1 Å². The molecular formula is C25H34O3Si. The van der Waals surface area contributed by atoms with E-state index in [9.17, 15) is 0 Å². The lowest BCUT2D eigenvalue weighted by Crippen LogP contribution is -2.66. The summed E-state index contributed by atoms with van der Waals surface area (Å²) in [5, 5.41) is 2.71. The van der Waals surface area contributed by atoms with Crippen molar-refractivity contribution >= 4 is 18.7 Å². The molecule has 2 fully saturated rings. The molecule has 1 aliphatic heterocycles. The zero-order valence-corrected chi connectivity index (χ0v) is 19.4. The monoisotopic (exact) mass is 410 g/mol. The van der Waals surface area contributed by atoms with Gasteiger partial charge in [-0.15, -0.1) is 0 Å². The Morgan fingerprint density at radius 3 is 1.97 bits per heavy atom. The van der Waals surface area contributed by atoms with Crippen LogP contribution in [0.25, 0.3) is 0 Å². The Labute approximate surface area is 176 Å². The molecule has 3 nitrogen and oxygen atoms in total. The molecule has 0 spiro atoms. The molecule has 2 aliphatic rings. The van der Waals surface area contributed by atoms with Gasteiger partial charge >= 0.3 is 0 Å². The lowest BCUT2D eigenvalue weighted by atomic mass is 10.2. The molecule has 2 aromatic rings. The third-order valence-electron chi connectivity index (χ3n) is 6.42. The van der Waals surface area contributed by atoms with Crippen molar-refractivity contribution in [1.29, 1.82) is 0 Å². The van der Waals surface area contributed by atoms with Crippen molar-refractivity contribution in [1.82, 2.24) is 0 Å². The van der Waals surface area contributed by atoms with E-state index in [0.29, 0.717) is 18.4 Å². The van der Waals surface area contributed by atoms with Gasteiger partial charge in [0.05, 0.1) is 12.7 Å². The van der Waals surface area contributed by atoms with E-state index in [1.807, 2.05) is 13.8 Å². The summed E-state index contributed by atoms with van der Waals surface area (Å²) in [5.74, 6) is 0.658. The first-order valence-electron chi connectivity index (χ1n) is 10.8. The smallest absolute Gasteiger partial charge is 0.261 e. The summed E-state index contributed by atoms with van der Waals surface area (Å²) in [6.07, 6.45) is 1.38. The lowest BCUT2D eigenvalue weighted by Gasteiger charge is -2.43. The van der Waals surface area contributed by atoms with Gasteiger partial charge in [0.15, 0.2) is 5.79 Å². The van der Waals surface area contributed by atoms with Crippen molar-refractivity contribution in [2.45, 2.75) is 58.0 Å². The van der Waals surface area contributed by atoms with Gasteiger partial charge in [-0.05, 0) is 47.5 Å². The van der Waals surface area contributed by atoms with Gasteiger partial charge in [-0.25, -0.2) is 0 Å². The third-order valence-corrected chi connectivity index (χ3v) is 11.4. The highest BCUT2D eigenvalue weighted by molar-refractivity contribution is 6.99. The molecule has 0 bridgehead atoms. The lowest BCUT2D eigenvalue weighted by molar-refractivity contribution is -0.141. The summed E-state index contributed by atoms with van der Waals surface area (Å²) in [6, 6.07) is 21.8. The summed E-state index contributed by atoms with van der Waals surface area (Å²) < 4.78 is 19.0. The molecular weight excluding hydrogens is 376 g/mol. The highest BCUT2D eigenvalue weighted by Crippen LogP contribution is 2.47. The van der Waals surface area contributed by atoms with E-state index in [1.165, 1.54) is 16.8 Å². The Morgan fingerprint density at radius 2 is 1.52 bits per heavy atom. The molecule has 0 radical (unpaired) electrons. The summed E-state index contributed by atoms with van der Waals surface area (Å²) in [4.78, 5) is 0. The molecule has 1 heterocycles. The van der Waals surface area contributed by atoms with E-state index >= 15 is 0 Å². The molecule has 2 aromatic carbocycles. The van der Waals surface area contributed by atoms with E-state index in [1.54, 1.807) is 0 Å². The summed E-state index contributed by atoms with van der Waals surface area (Å²) in [5.41, 5.74) is 0. The summed E-state index contributed by atoms with van der Waals surface area (Å²) in [7, 11) is -2.44. The van der Waals surface area contributed by atoms with Crippen LogP contribution >= 0.6 is 0 Å². The third kappa shape index (κ3) is 4.09. The van der Waals surface area contributed by atoms with Crippen molar-refractivity contribution in [3.8, 4) is 0 Å². The Hall–Kier alpha value is -1.46. The second kappa shape index (κ2) is 7.66. The van der Waals surface area contributed by atoms with Crippen LogP contribution in [0.5, 0.6) is 0 Å². The van der Waals surface area contributed by atoms with Gasteiger partial charge in [-0.3, -0.25) is 0 Å². The van der Waals surface area contributed by atoms with Gasteiger partial charge in [0.1, 0.15) is 0 Å². The Balaban J connectivity index is 1.59. The normalized spacial score (nSPS) is 26.4. The zero-order chi connectivity index (χ0) is 20.7. The minimum Gasteiger partial charge on any atom is -0.407 e. The Bertz CT molecular complexity index is 773. The van der Waals surface area contributed by atoms with Gasteiger partial charge < -0.3 is 13.9 Å². The van der Waals surface area contributed by atoms with Crippen molar-refractivity contribution in [2.24, 2.45) is 11.8 Å². The van der Waals surface area contributed by atoms with Gasteiger partial charge in [0.25, 0.3) is 8.32 Å². The zero-order valence-electron chi connectivity index (χ0n) is 18.4. The quantitative estimate of drug-likeness (QED) is 0.663. The fraction of sp³-hybridized carbons (Fsp3) is 0.520. The second-order valence-corrected chi connectivity index (χ2v) is 14.3. The molecule has 0 N–H and O–H groups in total. The van der Waals surface area contributed by atoms with Crippen LogP contribution in [0.15, 0.2) is 60.7 Å². The highest BCUT2D eigenvalue weighted by atomic mass is 28.4. The van der Waals surface area contributed by atoms with Crippen LogP contribution in [-0.4, -0.2) is 33.4 Å². The van der Waals surface area contributed by atoms with Crippen molar-refractivity contribution in [3.05, 3.63) is 60.7 Å². The predicted octanol–water partition coefficient (Wildman–Crippen LogP) is 4.35. The van der Waals surface area contributed by atoms with Crippen LogP contribution in [0, 0.1) is 11.8 Å². The van der Waals surface area contributed by atoms with Gasteiger partial charge in [-0.1, -0.05) is 81.4 Å². The van der Waals surface area contributed by atoms with E-state index in [4.69, 9.17) is 13.9 Å². The van der Waals surface area contributed by atoms with Crippen LogP contribution in [0.1, 0.15) is 41.0 Å². The molecule has 0 amide bonds. The molecule has 29 heavy (non-hydrogen) atoms. The fourth-order valence-electron chi connectivity index (χ4n) is 4.84.